The molecule has 0 bridgehead atoms. The fraction of sp³-hybridized carbons (Fsp3) is 0.750. The van der Waals surface area contributed by atoms with Gasteiger partial charge in [0.25, 0.3) is 0 Å². The number of amides is 2. The van der Waals surface area contributed by atoms with E-state index in [4.69, 9.17) is 20.9 Å². The summed E-state index contributed by atoms with van der Waals surface area (Å²) < 4.78 is 10.4. The highest BCUT2D eigenvalue weighted by Crippen LogP contribution is 2.12. The van der Waals surface area contributed by atoms with Crippen LogP contribution in [0.1, 0.15) is 6.42 Å². The third-order valence-electron chi connectivity index (χ3n) is 2.07. The molecule has 6 nitrogen and oxygen atoms in total. The van der Waals surface area contributed by atoms with E-state index in [-0.39, 0.29) is 12.5 Å². The Hall–Kier alpha value is -1.14. The lowest BCUT2D eigenvalue weighted by atomic mass is 10.0. The van der Waals surface area contributed by atoms with Crippen LogP contribution in [0.2, 0.25) is 0 Å². The molecule has 0 saturated carbocycles. The standard InChI is InChI=1S/C8H14N2O4/c9-7(11)6(8(10)12)3-5-4-13-1-2-14-5/h5-6H,1-4H2,(H2,9,11)(H2,10,12)/t5-/m0/s1. The molecule has 6 heteroatoms. The van der Waals surface area contributed by atoms with Crippen LogP contribution in [0.5, 0.6) is 0 Å². The molecule has 1 heterocycles. The molecule has 0 spiro atoms. The Bertz CT molecular complexity index is 211. The molecule has 2 amide bonds. The van der Waals surface area contributed by atoms with Crippen LogP contribution in [0, 0.1) is 5.92 Å². The average Bonchev–Trinajstić information content (AvgIpc) is 2.15. The first-order valence-electron chi connectivity index (χ1n) is 4.39. The molecule has 1 fully saturated rings. The van der Waals surface area contributed by atoms with Gasteiger partial charge in [0, 0.05) is 0 Å². The summed E-state index contributed by atoms with van der Waals surface area (Å²) in [5, 5.41) is 0. The molecule has 1 atom stereocenters. The van der Waals surface area contributed by atoms with Gasteiger partial charge in [0.15, 0.2) is 0 Å². The molecule has 0 aromatic carbocycles. The first-order chi connectivity index (χ1) is 6.61. The Labute approximate surface area is 81.5 Å². The largest absolute Gasteiger partial charge is 0.376 e. The highest BCUT2D eigenvalue weighted by Gasteiger charge is 2.27. The van der Waals surface area contributed by atoms with Crippen molar-refractivity contribution in [1.29, 1.82) is 0 Å². The van der Waals surface area contributed by atoms with Gasteiger partial charge in [-0.3, -0.25) is 9.59 Å². The number of ether oxygens (including phenoxy) is 2. The molecule has 0 radical (unpaired) electrons. The SMILES string of the molecule is NC(=O)C(C[C@H]1COCCO1)C(N)=O. The van der Waals surface area contributed by atoms with Crippen molar-refractivity contribution in [3.63, 3.8) is 0 Å². The average molecular weight is 202 g/mol. The van der Waals surface area contributed by atoms with E-state index in [9.17, 15) is 9.59 Å². The minimum atomic E-state index is -0.971. The van der Waals surface area contributed by atoms with Gasteiger partial charge >= 0.3 is 0 Å². The van der Waals surface area contributed by atoms with Gasteiger partial charge in [-0.15, -0.1) is 0 Å². The summed E-state index contributed by atoms with van der Waals surface area (Å²) in [4.78, 5) is 21.7. The maximum Gasteiger partial charge on any atom is 0.230 e. The van der Waals surface area contributed by atoms with E-state index in [1.165, 1.54) is 0 Å². The van der Waals surface area contributed by atoms with Crippen molar-refractivity contribution < 1.29 is 19.1 Å². The van der Waals surface area contributed by atoms with E-state index in [1.807, 2.05) is 0 Å². The van der Waals surface area contributed by atoms with E-state index < -0.39 is 17.7 Å². The zero-order chi connectivity index (χ0) is 10.6. The molecular weight excluding hydrogens is 188 g/mol. The summed E-state index contributed by atoms with van der Waals surface area (Å²) in [5.41, 5.74) is 10.0. The predicted octanol–water partition coefficient (Wildman–Crippen LogP) is -1.62. The molecule has 1 aliphatic rings. The summed E-state index contributed by atoms with van der Waals surface area (Å²) >= 11 is 0. The molecule has 80 valence electrons. The molecule has 1 saturated heterocycles. The second-order valence-corrected chi connectivity index (χ2v) is 3.16. The van der Waals surface area contributed by atoms with Crippen molar-refractivity contribution in [1.82, 2.24) is 0 Å². The molecule has 1 aliphatic heterocycles. The third kappa shape index (κ3) is 2.97. The van der Waals surface area contributed by atoms with Gasteiger partial charge in [0.1, 0.15) is 5.92 Å². The second-order valence-electron chi connectivity index (χ2n) is 3.16. The monoisotopic (exact) mass is 202 g/mol. The third-order valence-corrected chi connectivity index (χ3v) is 2.07. The highest BCUT2D eigenvalue weighted by molar-refractivity contribution is 5.98. The van der Waals surface area contributed by atoms with Crippen LogP contribution in [-0.4, -0.2) is 37.7 Å². The van der Waals surface area contributed by atoms with E-state index in [0.29, 0.717) is 19.8 Å². The Morgan fingerprint density at radius 2 is 1.93 bits per heavy atom. The van der Waals surface area contributed by atoms with Crippen molar-refractivity contribution in [2.24, 2.45) is 17.4 Å². The number of hydrogen-bond acceptors (Lipinski definition) is 4. The van der Waals surface area contributed by atoms with Crippen LogP contribution in [0.15, 0.2) is 0 Å². The lowest BCUT2D eigenvalue weighted by molar-refractivity contribution is -0.137. The number of rotatable bonds is 4. The van der Waals surface area contributed by atoms with Crippen molar-refractivity contribution in [3.05, 3.63) is 0 Å². The smallest absolute Gasteiger partial charge is 0.230 e. The van der Waals surface area contributed by atoms with Gasteiger partial charge in [0.05, 0.1) is 25.9 Å². The van der Waals surface area contributed by atoms with Gasteiger partial charge < -0.3 is 20.9 Å². The second kappa shape index (κ2) is 4.92. The van der Waals surface area contributed by atoms with Crippen LogP contribution in [0.3, 0.4) is 0 Å². The lowest BCUT2D eigenvalue weighted by Crippen LogP contribution is -2.40. The van der Waals surface area contributed by atoms with E-state index in [1.54, 1.807) is 0 Å². The Kier molecular flexibility index (Phi) is 3.84. The fourth-order valence-corrected chi connectivity index (χ4v) is 1.31. The van der Waals surface area contributed by atoms with Gasteiger partial charge in [-0.1, -0.05) is 0 Å². The summed E-state index contributed by atoms with van der Waals surface area (Å²) in [5.74, 6) is -2.40. The lowest BCUT2D eigenvalue weighted by Gasteiger charge is -2.24. The zero-order valence-corrected chi connectivity index (χ0v) is 7.77. The van der Waals surface area contributed by atoms with Gasteiger partial charge in [-0.05, 0) is 6.42 Å². The molecule has 1 rings (SSSR count). The van der Waals surface area contributed by atoms with Crippen LogP contribution < -0.4 is 11.5 Å². The van der Waals surface area contributed by atoms with Crippen molar-refractivity contribution in [2.75, 3.05) is 19.8 Å². The summed E-state index contributed by atoms with van der Waals surface area (Å²) in [6, 6.07) is 0. The fourth-order valence-electron chi connectivity index (χ4n) is 1.31. The number of carbonyl (C=O) groups excluding carboxylic acids is 2. The summed E-state index contributed by atoms with van der Waals surface area (Å²) in [6.45, 7) is 1.38. The van der Waals surface area contributed by atoms with Crippen LogP contribution >= 0.6 is 0 Å². The first kappa shape index (κ1) is 10.9. The Morgan fingerprint density at radius 3 is 2.36 bits per heavy atom. The maximum atomic E-state index is 10.8. The molecule has 14 heavy (non-hydrogen) atoms. The van der Waals surface area contributed by atoms with E-state index in [2.05, 4.69) is 0 Å². The maximum absolute atomic E-state index is 10.8. The molecular formula is C8H14N2O4. The minimum Gasteiger partial charge on any atom is -0.376 e. The Balaban J connectivity index is 2.45. The quantitative estimate of drug-likeness (QED) is 0.534. The number of carbonyl (C=O) groups is 2. The zero-order valence-electron chi connectivity index (χ0n) is 7.77. The summed E-state index contributed by atoms with van der Waals surface area (Å²) in [6.07, 6.45) is -0.0706. The van der Waals surface area contributed by atoms with Crippen LogP contribution in [0.25, 0.3) is 0 Å². The molecule has 0 unspecified atom stereocenters. The van der Waals surface area contributed by atoms with Crippen molar-refractivity contribution in [3.8, 4) is 0 Å². The number of nitrogens with two attached hydrogens (primary N) is 2. The van der Waals surface area contributed by atoms with E-state index >= 15 is 0 Å². The molecule has 0 aromatic heterocycles. The van der Waals surface area contributed by atoms with Gasteiger partial charge in [-0.2, -0.15) is 0 Å². The Morgan fingerprint density at radius 1 is 1.29 bits per heavy atom. The van der Waals surface area contributed by atoms with Gasteiger partial charge in [-0.25, -0.2) is 0 Å². The number of primary amides is 2. The number of hydrogen-bond donors (Lipinski definition) is 2. The van der Waals surface area contributed by atoms with Crippen LogP contribution in [0.4, 0.5) is 0 Å². The summed E-state index contributed by atoms with van der Waals surface area (Å²) in [7, 11) is 0. The topological polar surface area (TPSA) is 105 Å². The molecule has 4 N–H and O–H groups in total. The molecule has 0 aromatic rings. The molecule has 0 aliphatic carbocycles. The van der Waals surface area contributed by atoms with Crippen molar-refractivity contribution >= 4 is 11.8 Å². The predicted molar refractivity (Wildman–Crippen MR) is 47.1 cm³/mol. The highest BCUT2D eigenvalue weighted by atomic mass is 16.6. The van der Waals surface area contributed by atoms with Crippen molar-refractivity contribution in [2.45, 2.75) is 12.5 Å². The minimum absolute atomic E-state index is 0.199. The van der Waals surface area contributed by atoms with Gasteiger partial charge in [0.2, 0.25) is 11.8 Å². The van der Waals surface area contributed by atoms with E-state index in [0.717, 1.165) is 0 Å². The first-order valence-corrected chi connectivity index (χ1v) is 4.39. The normalized spacial score (nSPS) is 22.2. The van der Waals surface area contributed by atoms with Crippen LogP contribution in [-0.2, 0) is 19.1 Å².